The molecule has 2 heteroatoms. The Morgan fingerprint density at radius 3 is 2.44 bits per heavy atom. The fourth-order valence-electron chi connectivity index (χ4n) is 1.76. The van der Waals surface area contributed by atoms with Crippen molar-refractivity contribution in [2.75, 3.05) is 0 Å². The minimum absolute atomic E-state index is 0.222. The third kappa shape index (κ3) is 1.48. The molecule has 0 atom stereocenters. The van der Waals surface area contributed by atoms with Crippen molar-refractivity contribution < 1.29 is 4.39 Å². The molecular formula is C14H9FN. The number of aromatic amines is 1. The Hall–Kier alpha value is -2.09. The van der Waals surface area contributed by atoms with Gasteiger partial charge in [-0.25, -0.2) is 4.39 Å². The number of fused-ring (bicyclic) bond motifs is 1. The van der Waals surface area contributed by atoms with Crippen molar-refractivity contribution in [3.8, 4) is 11.3 Å². The molecule has 0 amide bonds. The Kier molecular flexibility index (Phi) is 2.00. The van der Waals surface area contributed by atoms with Gasteiger partial charge in [-0.3, -0.25) is 0 Å². The molecule has 0 saturated carbocycles. The highest BCUT2D eigenvalue weighted by Gasteiger charge is 2.03. The van der Waals surface area contributed by atoms with Gasteiger partial charge in [-0.1, -0.05) is 18.2 Å². The summed E-state index contributed by atoms with van der Waals surface area (Å²) in [7, 11) is 0. The van der Waals surface area contributed by atoms with Gasteiger partial charge in [0.1, 0.15) is 5.82 Å². The first kappa shape index (κ1) is 9.16. The molecule has 3 aromatic rings. The van der Waals surface area contributed by atoms with Crippen LogP contribution in [0.25, 0.3) is 22.2 Å². The third-order valence-corrected chi connectivity index (χ3v) is 2.58. The van der Waals surface area contributed by atoms with E-state index in [1.54, 1.807) is 12.1 Å². The number of hydrogen-bond acceptors (Lipinski definition) is 0. The fraction of sp³-hybridized carbons (Fsp3) is 0. The molecule has 16 heavy (non-hydrogen) atoms. The summed E-state index contributed by atoms with van der Waals surface area (Å²) in [5.41, 5.74) is 2.88. The lowest BCUT2D eigenvalue weighted by atomic mass is 10.1. The molecule has 1 heterocycles. The highest BCUT2D eigenvalue weighted by atomic mass is 19.1. The second-order valence-corrected chi connectivity index (χ2v) is 3.68. The monoisotopic (exact) mass is 210 g/mol. The summed E-state index contributed by atoms with van der Waals surface area (Å²) in [5, 5.41) is 1.04. The highest BCUT2D eigenvalue weighted by Crippen LogP contribution is 2.23. The van der Waals surface area contributed by atoms with E-state index < -0.39 is 0 Å². The number of halogens is 1. The standard InChI is InChI=1S/C14H9FN/c15-12-7-5-10(6-8-12)14-9-11-3-1-2-4-13(11)16-14/h1-8,16H. The van der Waals surface area contributed by atoms with E-state index in [0.717, 1.165) is 22.2 Å². The maximum absolute atomic E-state index is 12.8. The zero-order chi connectivity index (χ0) is 11.0. The summed E-state index contributed by atoms with van der Waals surface area (Å²) in [6.07, 6.45) is 0. The van der Waals surface area contributed by atoms with Crippen molar-refractivity contribution >= 4 is 10.9 Å². The van der Waals surface area contributed by atoms with E-state index in [-0.39, 0.29) is 5.82 Å². The summed E-state index contributed by atoms with van der Waals surface area (Å²) < 4.78 is 12.8. The van der Waals surface area contributed by atoms with Crippen LogP contribution in [0.3, 0.4) is 0 Å². The van der Waals surface area contributed by atoms with E-state index in [4.69, 9.17) is 0 Å². The van der Waals surface area contributed by atoms with Crippen molar-refractivity contribution in [2.24, 2.45) is 0 Å². The van der Waals surface area contributed by atoms with Crippen molar-refractivity contribution in [2.45, 2.75) is 0 Å². The van der Waals surface area contributed by atoms with Gasteiger partial charge in [0.25, 0.3) is 0 Å². The van der Waals surface area contributed by atoms with E-state index in [2.05, 4.69) is 11.1 Å². The van der Waals surface area contributed by atoms with Gasteiger partial charge >= 0.3 is 0 Å². The fourth-order valence-corrected chi connectivity index (χ4v) is 1.76. The molecule has 0 aliphatic carbocycles. The van der Waals surface area contributed by atoms with E-state index in [9.17, 15) is 4.39 Å². The van der Waals surface area contributed by atoms with Crippen LogP contribution in [0.5, 0.6) is 0 Å². The van der Waals surface area contributed by atoms with E-state index >= 15 is 0 Å². The summed E-state index contributed by atoms with van der Waals surface area (Å²) in [6, 6.07) is 17.6. The normalized spacial score (nSPS) is 10.8. The molecule has 0 saturated heterocycles. The van der Waals surface area contributed by atoms with E-state index in [1.807, 2.05) is 24.3 Å². The maximum Gasteiger partial charge on any atom is 0.123 e. The summed E-state index contributed by atoms with van der Waals surface area (Å²) in [6.45, 7) is 0. The van der Waals surface area contributed by atoms with Gasteiger partial charge < -0.3 is 4.98 Å². The van der Waals surface area contributed by atoms with Crippen LogP contribution in [0.2, 0.25) is 0 Å². The topological polar surface area (TPSA) is 15.8 Å². The van der Waals surface area contributed by atoms with Crippen molar-refractivity contribution in [3.63, 3.8) is 0 Å². The van der Waals surface area contributed by atoms with Crippen molar-refractivity contribution in [1.29, 1.82) is 0 Å². The Morgan fingerprint density at radius 1 is 0.938 bits per heavy atom. The molecule has 1 radical (unpaired) electrons. The quantitative estimate of drug-likeness (QED) is 0.629. The van der Waals surface area contributed by atoms with Crippen molar-refractivity contribution in [1.82, 2.24) is 4.98 Å². The molecule has 2 aromatic carbocycles. The highest BCUT2D eigenvalue weighted by molar-refractivity contribution is 5.84. The molecule has 1 aromatic heterocycles. The minimum Gasteiger partial charge on any atom is -0.354 e. The molecule has 0 aliphatic heterocycles. The lowest BCUT2D eigenvalue weighted by Crippen LogP contribution is -1.78. The summed E-state index contributed by atoms with van der Waals surface area (Å²) in [5.74, 6) is -0.222. The van der Waals surface area contributed by atoms with Gasteiger partial charge in [-0.05, 0) is 35.9 Å². The Morgan fingerprint density at radius 2 is 1.69 bits per heavy atom. The summed E-state index contributed by atoms with van der Waals surface area (Å²) >= 11 is 0. The molecule has 0 spiro atoms. The molecular weight excluding hydrogens is 201 g/mol. The predicted octanol–water partition coefficient (Wildman–Crippen LogP) is 3.77. The first-order chi connectivity index (χ1) is 7.83. The van der Waals surface area contributed by atoms with Gasteiger partial charge in [0.05, 0.1) is 5.69 Å². The molecule has 0 aliphatic rings. The van der Waals surface area contributed by atoms with Gasteiger partial charge in [0, 0.05) is 17.0 Å². The largest absolute Gasteiger partial charge is 0.354 e. The second kappa shape index (κ2) is 3.49. The van der Waals surface area contributed by atoms with Crippen LogP contribution in [0.1, 0.15) is 0 Å². The lowest BCUT2D eigenvalue weighted by molar-refractivity contribution is 0.628. The number of hydrogen-bond donors (Lipinski definition) is 1. The summed E-state index contributed by atoms with van der Waals surface area (Å²) in [4.78, 5) is 3.25. The molecule has 1 nitrogen and oxygen atoms in total. The minimum atomic E-state index is -0.222. The van der Waals surface area contributed by atoms with Crippen LogP contribution in [-0.4, -0.2) is 4.98 Å². The van der Waals surface area contributed by atoms with Crippen LogP contribution in [0.15, 0.2) is 48.5 Å². The molecule has 3 rings (SSSR count). The second-order valence-electron chi connectivity index (χ2n) is 3.68. The van der Waals surface area contributed by atoms with Crippen molar-refractivity contribution in [3.05, 3.63) is 60.4 Å². The lowest BCUT2D eigenvalue weighted by Gasteiger charge is -1.96. The number of aromatic nitrogens is 1. The number of nitrogens with one attached hydrogen (secondary N) is 1. The first-order valence-electron chi connectivity index (χ1n) is 5.09. The van der Waals surface area contributed by atoms with E-state index in [1.165, 1.54) is 12.1 Å². The van der Waals surface area contributed by atoms with Gasteiger partial charge in [0.2, 0.25) is 0 Å². The molecule has 0 unspecified atom stereocenters. The number of H-pyrrole nitrogens is 1. The number of benzene rings is 2. The van der Waals surface area contributed by atoms with Gasteiger partial charge in [-0.15, -0.1) is 0 Å². The Balaban J connectivity index is 2.15. The number of rotatable bonds is 1. The SMILES string of the molecule is Fc1ccc(-c2[c]c3ccccc3[nH]2)cc1. The van der Waals surface area contributed by atoms with Crippen LogP contribution < -0.4 is 0 Å². The number of para-hydroxylation sites is 1. The molecule has 1 N–H and O–H groups in total. The van der Waals surface area contributed by atoms with E-state index in [0.29, 0.717) is 0 Å². The Labute approximate surface area is 92.5 Å². The van der Waals surface area contributed by atoms with Crippen LogP contribution in [-0.2, 0) is 0 Å². The first-order valence-corrected chi connectivity index (χ1v) is 5.09. The molecule has 0 fully saturated rings. The average Bonchev–Trinajstić information content (AvgIpc) is 2.73. The Bertz CT molecular complexity index is 590. The maximum atomic E-state index is 12.8. The van der Waals surface area contributed by atoms with Crippen LogP contribution in [0.4, 0.5) is 4.39 Å². The van der Waals surface area contributed by atoms with Gasteiger partial charge in [-0.2, -0.15) is 0 Å². The molecule has 77 valence electrons. The molecule has 0 bridgehead atoms. The van der Waals surface area contributed by atoms with Crippen LogP contribution >= 0.6 is 0 Å². The zero-order valence-electron chi connectivity index (χ0n) is 8.50. The predicted molar refractivity (Wildman–Crippen MR) is 62.5 cm³/mol. The average molecular weight is 210 g/mol. The third-order valence-electron chi connectivity index (χ3n) is 2.58. The zero-order valence-corrected chi connectivity index (χ0v) is 8.50. The smallest absolute Gasteiger partial charge is 0.123 e. The van der Waals surface area contributed by atoms with Crippen LogP contribution in [0, 0.1) is 11.9 Å². The van der Waals surface area contributed by atoms with Gasteiger partial charge in [0.15, 0.2) is 0 Å².